The molecular formula is C15H15BrN2. The van der Waals surface area contributed by atoms with Crippen molar-refractivity contribution in [2.75, 3.05) is 6.54 Å². The molecule has 1 unspecified atom stereocenters. The van der Waals surface area contributed by atoms with Crippen molar-refractivity contribution in [3.8, 4) is 0 Å². The van der Waals surface area contributed by atoms with E-state index in [0.717, 1.165) is 10.2 Å². The van der Waals surface area contributed by atoms with Gasteiger partial charge in [-0.25, -0.2) is 0 Å². The monoisotopic (exact) mass is 302 g/mol. The largest absolute Gasteiger partial charge is 0.300 e. The maximum Gasteiger partial charge on any atom is 0.0754 e. The van der Waals surface area contributed by atoms with Crippen molar-refractivity contribution in [1.29, 1.82) is 0 Å². The molecule has 0 aliphatic carbocycles. The number of hydrogen-bond donors (Lipinski definition) is 1. The summed E-state index contributed by atoms with van der Waals surface area (Å²) < 4.78 is 0.930. The average molecular weight is 303 g/mol. The van der Waals surface area contributed by atoms with E-state index in [1.54, 1.807) is 0 Å². The highest BCUT2D eigenvalue weighted by molar-refractivity contribution is 9.11. The van der Waals surface area contributed by atoms with Crippen LogP contribution in [0.2, 0.25) is 0 Å². The molecule has 0 saturated heterocycles. The maximum absolute atomic E-state index is 4.43. The minimum absolute atomic E-state index is 0.0849. The van der Waals surface area contributed by atoms with E-state index in [1.807, 2.05) is 42.6 Å². The molecule has 3 heteroatoms. The van der Waals surface area contributed by atoms with Gasteiger partial charge < -0.3 is 5.32 Å². The van der Waals surface area contributed by atoms with Crippen LogP contribution in [0.4, 0.5) is 0 Å². The van der Waals surface area contributed by atoms with E-state index in [0.29, 0.717) is 6.54 Å². The van der Waals surface area contributed by atoms with Crippen LogP contribution in [0.15, 0.2) is 65.8 Å². The fourth-order valence-corrected chi connectivity index (χ4v) is 1.96. The van der Waals surface area contributed by atoms with Crippen LogP contribution >= 0.6 is 15.9 Å². The fourth-order valence-electron chi connectivity index (χ4n) is 1.80. The zero-order valence-corrected chi connectivity index (χ0v) is 11.6. The van der Waals surface area contributed by atoms with E-state index < -0.39 is 0 Å². The van der Waals surface area contributed by atoms with Crippen molar-refractivity contribution >= 4 is 15.9 Å². The van der Waals surface area contributed by atoms with Gasteiger partial charge in [0.05, 0.1) is 11.7 Å². The Hall–Kier alpha value is -1.45. The van der Waals surface area contributed by atoms with Crippen LogP contribution in [0.25, 0.3) is 0 Å². The second-order valence-corrected chi connectivity index (χ2v) is 5.12. The van der Waals surface area contributed by atoms with Crippen LogP contribution < -0.4 is 5.32 Å². The van der Waals surface area contributed by atoms with E-state index in [4.69, 9.17) is 0 Å². The van der Waals surface area contributed by atoms with Gasteiger partial charge >= 0.3 is 0 Å². The predicted molar refractivity (Wildman–Crippen MR) is 78.6 cm³/mol. The molecule has 2 nitrogen and oxygen atoms in total. The zero-order chi connectivity index (χ0) is 12.8. The molecule has 0 spiro atoms. The number of benzene rings is 1. The van der Waals surface area contributed by atoms with Crippen molar-refractivity contribution in [3.05, 3.63) is 77.0 Å². The Morgan fingerprint density at radius 1 is 1.17 bits per heavy atom. The Bertz CT molecular complexity index is 457. The van der Waals surface area contributed by atoms with Gasteiger partial charge in [-0.3, -0.25) is 4.98 Å². The van der Waals surface area contributed by atoms with E-state index in [1.165, 1.54) is 5.56 Å². The van der Waals surface area contributed by atoms with Gasteiger partial charge in [-0.1, -0.05) is 58.9 Å². The molecule has 0 saturated carbocycles. The van der Waals surface area contributed by atoms with E-state index in [9.17, 15) is 0 Å². The zero-order valence-electron chi connectivity index (χ0n) is 10.0. The van der Waals surface area contributed by atoms with Crippen molar-refractivity contribution in [1.82, 2.24) is 10.3 Å². The molecule has 2 aromatic rings. The minimum atomic E-state index is 0.0849. The van der Waals surface area contributed by atoms with E-state index >= 15 is 0 Å². The third kappa shape index (κ3) is 3.52. The normalized spacial score (nSPS) is 12.1. The molecular weight excluding hydrogens is 288 g/mol. The van der Waals surface area contributed by atoms with Crippen molar-refractivity contribution in [2.45, 2.75) is 6.04 Å². The molecule has 0 amide bonds. The van der Waals surface area contributed by atoms with Crippen LogP contribution in [0.3, 0.4) is 0 Å². The van der Waals surface area contributed by atoms with E-state index in [-0.39, 0.29) is 6.04 Å². The molecule has 0 radical (unpaired) electrons. The second kappa shape index (κ2) is 6.47. The molecule has 0 bridgehead atoms. The maximum atomic E-state index is 4.43. The number of nitrogens with zero attached hydrogens (tertiary/aromatic N) is 1. The number of pyridine rings is 1. The molecule has 18 heavy (non-hydrogen) atoms. The third-order valence-corrected chi connectivity index (χ3v) is 2.89. The lowest BCUT2D eigenvalue weighted by molar-refractivity contribution is 0.634. The summed E-state index contributed by atoms with van der Waals surface area (Å²) in [6.45, 7) is 4.55. The molecule has 0 aliphatic rings. The molecule has 1 atom stereocenters. The summed E-state index contributed by atoms with van der Waals surface area (Å²) in [5.74, 6) is 0. The Kier molecular flexibility index (Phi) is 4.67. The lowest BCUT2D eigenvalue weighted by Crippen LogP contribution is -2.24. The van der Waals surface area contributed by atoms with Gasteiger partial charge in [0, 0.05) is 17.2 Å². The number of aromatic nitrogens is 1. The summed E-state index contributed by atoms with van der Waals surface area (Å²) in [6, 6.07) is 16.3. The summed E-state index contributed by atoms with van der Waals surface area (Å²) in [7, 11) is 0. The minimum Gasteiger partial charge on any atom is -0.300 e. The van der Waals surface area contributed by atoms with Crippen molar-refractivity contribution in [2.24, 2.45) is 0 Å². The molecule has 1 N–H and O–H groups in total. The number of hydrogen-bond acceptors (Lipinski definition) is 2. The van der Waals surface area contributed by atoms with Gasteiger partial charge in [0.1, 0.15) is 0 Å². The molecule has 1 heterocycles. The molecule has 0 aliphatic heterocycles. The van der Waals surface area contributed by atoms with Crippen LogP contribution in [0.5, 0.6) is 0 Å². The first-order valence-electron chi connectivity index (χ1n) is 5.80. The summed E-state index contributed by atoms with van der Waals surface area (Å²) in [4.78, 5) is 4.43. The highest BCUT2D eigenvalue weighted by atomic mass is 79.9. The standard InChI is InChI=1S/C15H15BrN2/c1-12(16)11-18-15(13-7-3-2-4-8-13)14-9-5-6-10-17-14/h2-10,15,18H,1,11H2. The summed E-state index contributed by atoms with van der Waals surface area (Å²) in [6.07, 6.45) is 1.82. The summed E-state index contributed by atoms with van der Waals surface area (Å²) in [5, 5.41) is 3.44. The smallest absolute Gasteiger partial charge is 0.0754 e. The molecule has 2 rings (SSSR count). The van der Waals surface area contributed by atoms with Crippen LogP contribution in [0, 0.1) is 0 Å². The van der Waals surface area contributed by atoms with Crippen LogP contribution in [-0.2, 0) is 0 Å². The molecule has 1 aromatic heterocycles. The highest BCUT2D eigenvalue weighted by Gasteiger charge is 2.13. The quantitative estimate of drug-likeness (QED) is 0.911. The Balaban J connectivity index is 2.26. The SMILES string of the molecule is C=C(Br)CNC(c1ccccc1)c1ccccn1. The molecule has 92 valence electrons. The van der Waals surface area contributed by atoms with Gasteiger partial charge in [-0.15, -0.1) is 0 Å². The first kappa shape index (κ1) is 13.0. The highest BCUT2D eigenvalue weighted by Crippen LogP contribution is 2.20. The lowest BCUT2D eigenvalue weighted by atomic mass is 10.0. The molecule has 0 fully saturated rings. The average Bonchev–Trinajstić information content (AvgIpc) is 2.41. The Morgan fingerprint density at radius 3 is 2.50 bits per heavy atom. The second-order valence-electron chi connectivity index (χ2n) is 4.00. The summed E-state index contributed by atoms with van der Waals surface area (Å²) in [5.41, 5.74) is 2.21. The van der Waals surface area contributed by atoms with Crippen molar-refractivity contribution < 1.29 is 0 Å². The lowest BCUT2D eigenvalue weighted by Gasteiger charge is -2.18. The van der Waals surface area contributed by atoms with E-state index in [2.05, 4.69) is 44.9 Å². The summed E-state index contributed by atoms with van der Waals surface area (Å²) >= 11 is 3.37. The number of halogens is 1. The predicted octanol–water partition coefficient (Wildman–Crippen LogP) is 3.67. The van der Waals surface area contributed by atoms with Crippen LogP contribution in [0.1, 0.15) is 17.3 Å². The number of rotatable bonds is 5. The first-order valence-corrected chi connectivity index (χ1v) is 6.59. The van der Waals surface area contributed by atoms with Gasteiger partial charge in [-0.05, 0) is 17.7 Å². The molecule has 1 aromatic carbocycles. The number of nitrogens with one attached hydrogen (secondary N) is 1. The third-order valence-electron chi connectivity index (χ3n) is 2.61. The topological polar surface area (TPSA) is 24.9 Å². The fraction of sp³-hybridized carbons (Fsp3) is 0.133. The van der Waals surface area contributed by atoms with Crippen LogP contribution in [-0.4, -0.2) is 11.5 Å². The van der Waals surface area contributed by atoms with Gasteiger partial charge in [0.25, 0.3) is 0 Å². The van der Waals surface area contributed by atoms with Gasteiger partial charge in [0.2, 0.25) is 0 Å². The Morgan fingerprint density at radius 2 is 1.89 bits per heavy atom. The Labute approximate surface area is 116 Å². The van der Waals surface area contributed by atoms with Crippen molar-refractivity contribution in [3.63, 3.8) is 0 Å². The van der Waals surface area contributed by atoms with Gasteiger partial charge in [0.15, 0.2) is 0 Å². The first-order chi connectivity index (χ1) is 8.77. The van der Waals surface area contributed by atoms with Gasteiger partial charge in [-0.2, -0.15) is 0 Å².